The Balaban J connectivity index is 2.42. The highest BCUT2D eigenvalue weighted by Crippen LogP contribution is 2.08. The van der Waals surface area contributed by atoms with Crippen molar-refractivity contribution < 1.29 is 14.3 Å². The SMILES string of the molecule is CNC(=O)[C@H](CCCc1cccnc1)OC(N)=O. The van der Waals surface area contributed by atoms with Crippen molar-refractivity contribution in [1.29, 1.82) is 0 Å². The molecule has 98 valence electrons. The second kappa shape index (κ2) is 7.26. The fourth-order valence-corrected chi connectivity index (χ4v) is 1.58. The van der Waals surface area contributed by atoms with Crippen molar-refractivity contribution in [3.05, 3.63) is 30.1 Å². The molecule has 1 aromatic rings. The first-order chi connectivity index (χ1) is 8.63. The maximum absolute atomic E-state index is 11.4. The van der Waals surface area contributed by atoms with E-state index in [2.05, 4.69) is 10.3 Å². The van der Waals surface area contributed by atoms with Crippen LogP contribution in [-0.2, 0) is 16.0 Å². The standard InChI is InChI=1S/C12H17N3O3/c1-14-11(16)10(18-12(13)17)6-2-4-9-5-3-7-15-8-9/h3,5,7-8,10H,2,4,6H2,1H3,(H2,13,17)(H,14,16)/t10-/m0/s1. The summed E-state index contributed by atoms with van der Waals surface area (Å²) >= 11 is 0. The second-order valence-corrected chi connectivity index (χ2v) is 3.79. The van der Waals surface area contributed by atoms with Gasteiger partial charge in [0.15, 0.2) is 6.10 Å². The quantitative estimate of drug-likeness (QED) is 0.774. The zero-order valence-electron chi connectivity index (χ0n) is 10.3. The summed E-state index contributed by atoms with van der Waals surface area (Å²) in [6, 6.07) is 3.81. The van der Waals surface area contributed by atoms with Gasteiger partial charge in [-0.25, -0.2) is 4.79 Å². The monoisotopic (exact) mass is 251 g/mol. The van der Waals surface area contributed by atoms with E-state index < -0.39 is 12.2 Å². The number of rotatable bonds is 6. The van der Waals surface area contributed by atoms with E-state index in [4.69, 9.17) is 10.5 Å². The van der Waals surface area contributed by atoms with Crippen LogP contribution in [0.1, 0.15) is 18.4 Å². The summed E-state index contributed by atoms with van der Waals surface area (Å²) in [5, 5.41) is 2.44. The molecule has 0 spiro atoms. The van der Waals surface area contributed by atoms with Gasteiger partial charge in [-0.15, -0.1) is 0 Å². The first kappa shape index (κ1) is 14.0. The number of pyridine rings is 1. The van der Waals surface area contributed by atoms with Gasteiger partial charge in [0.25, 0.3) is 5.91 Å². The largest absolute Gasteiger partial charge is 0.436 e. The molecule has 6 nitrogen and oxygen atoms in total. The fraction of sp³-hybridized carbons (Fsp3) is 0.417. The molecule has 1 aromatic heterocycles. The first-order valence-electron chi connectivity index (χ1n) is 5.70. The van der Waals surface area contributed by atoms with Gasteiger partial charge in [-0.05, 0) is 30.9 Å². The lowest BCUT2D eigenvalue weighted by Crippen LogP contribution is -2.37. The maximum Gasteiger partial charge on any atom is 0.405 e. The average molecular weight is 251 g/mol. The van der Waals surface area contributed by atoms with E-state index in [0.29, 0.717) is 12.8 Å². The Morgan fingerprint density at radius 2 is 2.33 bits per heavy atom. The Morgan fingerprint density at radius 3 is 2.89 bits per heavy atom. The van der Waals surface area contributed by atoms with Gasteiger partial charge in [-0.1, -0.05) is 6.07 Å². The van der Waals surface area contributed by atoms with Crippen molar-refractivity contribution in [2.75, 3.05) is 7.05 Å². The van der Waals surface area contributed by atoms with Gasteiger partial charge in [0.1, 0.15) is 0 Å². The number of hydrogen-bond donors (Lipinski definition) is 2. The van der Waals surface area contributed by atoms with Crippen LogP contribution in [0.15, 0.2) is 24.5 Å². The lowest BCUT2D eigenvalue weighted by Gasteiger charge is -2.14. The van der Waals surface area contributed by atoms with Gasteiger partial charge in [-0.3, -0.25) is 9.78 Å². The van der Waals surface area contributed by atoms with Gasteiger partial charge in [-0.2, -0.15) is 0 Å². The molecule has 3 N–H and O–H groups in total. The highest BCUT2D eigenvalue weighted by Gasteiger charge is 2.20. The molecular formula is C12H17N3O3. The number of nitrogens with two attached hydrogens (primary N) is 1. The van der Waals surface area contributed by atoms with Gasteiger partial charge in [0.05, 0.1) is 0 Å². The smallest absolute Gasteiger partial charge is 0.405 e. The predicted octanol–water partition coefficient (Wildman–Crippen LogP) is 0.614. The van der Waals surface area contributed by atoms with Gasteiger partial charge >= 0.3 is 6.09 Å². The summed E-state index contributed by atoms with van der Waals surface area (Å²) in [6.07, 6.45) is 3.60. The molecular weight excluding hydrogens is 234 g/mol. The van der Waals surface area contributed by atoms with E-state index in [-0.39, 0.29) is 5.91 Å². The van der Waals surface area contributed by atoms with Gasteiger partial charge in [0.2, 0.25) is 0 Å². The number of likely N-dealkylation sites (N-methyl/N-ethyl adjacent to an activating group) is 1. The van der Waals surface area contributed by atoms with Crippen LogP contribution in [0.4, 0.5) is 4.79 Å². The third kappa shape index (κ3) is 4.82. The molecule has 2 amide bonds. The Morgan fingerprint density at radius 1 is 1.56 bits per heavy atom. The predicted molar refractivity (Wildman–Crippen MR) is 65.7 cm³/mol. The van der Waals surface area contributed by atoms with Crippen LogP contribution in [0, 0.1) is 0 Å². The summed E-state index contributed by atoms with van der Waals surface area (Å²) in [5.41, 5.74) is 5.99. The molecule has 0 fully saturated rings. The number of aryl methyl sites for hydroxylation is 1. The van der Waals surface area contributed by atoms with Crippen LogP contribution in [-0.4, -0.2) is 30.1 Å². The van der Waals surface area contributed by atoms with Gasteiger partial charge < -0.3 is 15.8 Å². The zero-order valence-corrected chi connectivity index (χ0v) is 10.3. The molecule has 0 radical (unpaired) electrons. The Labute approximate surface area is 106 Å². The summed E-state index contributed by atoms with van der Waals surface area (Å²) < 4.78 is 4.75. The maximum atomic E-state index is 11.4. The van der Waals surface area contributed by atoms with E-state index in [1.54, 1.807) is 12.4 Å². The van der Waals surface area contributed by atoms with E-state index in [9.17, 15) is 9.59 Å². The number of nitrogens with one attached hydrogen (secondary N) is 1. The molecule has 0 saturated heterocycles. The molecule has 0 unspecified atom stereocenters. The number of aromatic nitrogens is 1. The number of carbonyl (C=O) groups is 2. The highest BCUT2D eigenvalue weighted by molar-refractivity contribution is 5.82. The second-order valence-electron chi connectivity index (χ2n) is 3.79. The lowest BCUT2D eigenvalue weighted by molar-refractivity contribution is -0.129. The number of hydrogen-bond acceptors (Lipinski definition) is 4. The molecule has 0 bridgehead atoms. The van der Waals surface area contributed by atoms with E-state index in [1.165, 1.54) is 7.05 Å². The van der Waals surface area contributed by atoms with Crippen LogP contribution < -0.4 is 11.1 Å². The number of ether oxygens (including phenoxy) is 1. The number of nitrogens with zero attached hydrogens (tertiary/aromatic N) is 1. The molecule has 1 rings (SSSR count). The van der Waals surface area contributed by atoms with Crippen molar-refractivity contribution in [2.45, 2.75) is 25.4 Å². The average Bonchev–Trinajstić information content (AvgIpc) is 2.37. The zero-order chi connectivity index (χ0) is 13.4. The Bertz CT molecular complexity index is 395. The molecule has 0 aromatic carbocycles. The van der Waals surface area contributed by atoms with Crippen LogP contribution in [0.25, 0.3) is 0 Å². The molecule has 0 saturated carbocycles. The van der Waals surface area contributed by atoms with Crippen molar-refractivity contribution in [3.63, 3.8) is 0 Å². The van der Waals surface area contributed by atoms with Crippen molar-refractivity contribution in [3.8, 4) is 0 Å². The molecule has 6 heteroatoms. The first-order valence-corrected chi connectivity index (χ1v) is 5.70. The summed E-state index contributed by atoms with van der Waals surface area (Å²) in [7, 11) is 1.49. The number of carbonyl (C=O) groups excluding carboxylic acids is 2. The molecule has 0 aliphatic carbocycles. The van der Waals surface area contributed by atoms with Crippen LogP contribution in [0.2, 0.25) is 0 Å². The van der Waals surface area contributed by atoms with E-state index in [1.807, 2.05) is 12.1 Å². The molecule has 1 heterocycles. The van der Waals surface area contributed by atoms with E-state index in [0.717, 1.165) is 12.0 Å². The van der Waals surface area contributed by atoms with Crippen molar-refractivity contribution in [1.82, 2.24) is 10.3 Å². The van der Waals surface area contributed by atoms with Crippen molar-refractivity contribution in [2.24, 2.45) is 5.73 Å². The number of primary amides is 1. The van der Waals surface area contributed by atoms with Crippen molar-refractivity contribution >= 4 is 12.0 Å². The van der Waals surface area contributed by atoms with Crippen LogP contribution in [0.5, 0.6) is 0 Å². The van der Waals surface area contributed by atoms with Crippen LogP contribution in [0.3, 0.4) is 0 Å². The Kier molecular flexibility index (Phi) is 5.63. The fourth-order valence-electron chi connectivity index (χ4n) is 1.58. The molecule has 1 atom stereocenters. The Hall–Kier alpha value is -2.11. The summed E-state index contributed by atoms with van der Waals surface area (Å²) in [4.78, 5) is 26.1. The summed E-state index contributed by atoms with van der Waals surface area (Å²) in [6.45, 7) is 0. The summed E-state index contributed by atoms with van der Waals surface area (Å²) in [5.74, 6) is -0.347. The van der Waals surface area contributed by atoms with E-state index >= 15 is 0 Å². The third-order valence-electron chi connectivity index (χ3n) is 2.45. The molecule has 18 heavy (non-hydrogen) atoms. The normalized spacial score (nSPS) is 11.6. The minimum atomic E-state index is -0.940. The minimum absolute atomic E-state index is 0.347. The lowest BCUT2D eigenvalue weighted by atomic mass is 10.1. The van der Waals surface area contributed by atoms with Gasteiger partial charge in [0, 0.05) is 19.4 Å². The highest BCUT2D eigenvalue weighted by atomic mass is 16.6. The van der Waals surface area contributed by atoms with Crippen LogP contribution >= 0.6 is 0 Å². The molecule has 0 aliphatic heterocycles. The third-order valence-corrected chi connectivity index (χ3v) is 2.45. The topological polar surface area (TPSA) is 94.3 Å². The number of amides is 2. The minimum Gasteiger partial charge on any atom is -0.436 e. The molecule has 0 aliphatic rings.